The molecule has 0 spiro atoms. The lowest BCUT2D eigenvalue weighted by molar-refractivity contribution is -0.117. The van der Waals surface area contributed by atoms with E-state index in [1.54, 1.807) is 6.07 Å². The second-order valence-corrected chi connectivity index (χ2v) is 6.36. The van der Waals surface area contributed by atoms with Crippen LogP contribution in [0.25, 0.3) is 0 Å². The molecule has 0 aliphatic carbocycles. The van der Waals surface area contributed by atoms with Crippen molar-refractivity contribution in [3.05, 3.63) is 70.1 Å². The molecule has 1 heterocycles. The Morgan fingerprint density at radius 3 is 2.74 bits per heavy atom. The molecular weight excluding hydrogens is 332 g/mol. The summed E-state index contributed by atoms with van der Waals surface area (Å²) >= 11 is 7.32. The Hall–Kier alpha value is -2.24. The van der Waals surface area contributed by atoms with E-state index in [9.17, 15) is 9.59 Å². The van der Waals surface area contributed by atoms with E-state index in [0.717, 1.165) is 16.1 Å². The van der Waals surface area contributed by atoms with Gasteiger partial charge in [-0.05, 0) is 23.8 Å². The van der Waals surface area contributed by atoms with Crippen LogP contribution < -0.4 is 10.6 Å². The first-order chi connectivity index (χ1) is 11.1. The molecule has 0 saturated carbocycles. The fraction of sp³-hybridized carbons (Fsp3) is 0.0588. The Labute approximate surface area is 142 Å². The van der Waals surface area contributed by atoms with Gasteiger partial charge in [0, 0.05) is 22.5 Å². The highest BCUT2D eigenvalue weighted by atomic mass is 35.5. The number of nitrogens with one attached hydrogen (secondary N) is 2. The molecule has 116 valence electrons. The Morgan fingerprint density at radius 1 is 1.17 bits per heavy atom. The molecule has 0 aromatic heterocycles. The number of para-hydroxylation sites is 1. The molecule has 1 aliphatic heterocycles. The molecule has 6 heteroatoms. The highest BCUT2D eigenvalue weighted by Gasteiger charge is 2.21. The van der Waals surface area contributed by atoms with Crippen molar-refractivity contribution in [2.75, 3.05) is 5.32 Å². The van der Waals surface area contributed by atoms with Crippen LogP contribution in [0.3, 0.4) is 0 Å². The number of carbonyl (C=O) groups excluding carboxylic acids is 2. The van der Waals surface area contributed by atoms with Crippen LogP contribution in [0, 0.1) is 0 Å². The maximum Gasteiger partial charge on any atom is 0.262 e. The van der Waals surface area contributed by atoms with E-state index in [1.165, 1.54) is 17.8 Å². The second-order valence-electron chi connectivity index (χ2n) is 4.87. The summed E-state index contributed by atoms with van der Waals surface area (Å²) in [6, 6.07) is 14.8. The van der Waals surface area contributed by atoms with Gasteiger partial charge in [0.25, 0.3) is 5.91 Å². The molecule has 2 aromatic rings. The minimum absolute atomic E-state index is 0.276. The van der Waals surface area contributed by atoms with E-state index in [1.807, 2.05) is 42.5 Å². The largest absolute Gasteiger partial charge is 0.348 e. The van der Waals surface area contributed by atoms with Gasteiger partial charge in [-0.2, -0.15) is 0 Å². The molecule has 1 aliphatic rings. The van der Waals surface area contributed by atoms with Crippen molar-refractivity contribution in [3.8, 4) is 0 Å². The molecule has 2 N–H and O–H groups in total. The summed E-state index contributed by atoms with van der Waals surface area (Å²) in [5, 5.41) is 6.10. The molecule has 2 amide bonds. The SMILES string of the molecule is O=C(C=C1Sc2ccccc2NC1=O)NCc1ccccc1Cl. The quantitative estimate of drug-likeness (QED) is 0.837. The van der Waals surface area contributed by atoms with Crippen LogP contribution in [0.4, 0.5) is 5.69 Å². The molecule has 0 unspecified atom stereocenters. The number of fused-ring (bicyclic) bond motifs is 1. The van der Waals surface area contributed by atoms with Gasteiger partial charge in [-0.1, -0.05) is 53.7 Å². The van der Waals surface area contributed by atoms with Crippen molar-refractivity contribution < 1.29 is 9.59 Å². The third-order valence-corrected chi connectivity index (χ3v) is 4.72. The minimum atomic E-state index is -0.332. The first kappa shape index (κ1) is 15.6. The number of anilines is 1. The van der Waals surface area contributed by atoms with Crippen molar-refractivity contribution in [3.63, 3.8) is 0 Å². The first-order valence-electron chi connectivity index (χ1n) is 6.94. The number of halogens is 1. The van der Waals surface area contributed by atoms with Crippen LogP contribution in [0.1, 0.15) is 5.56 Å². The van der Waals surface area contributed by atoms with Gasteiger partial charge >= 0.3 is 0 Å². The van der Waals surface area contributed by atoms with Crippen LogP contribution in [-0.2, 0) is 16.1 Å². The van der Waals surface area contributed by atoms with Crippen LogP contribution in [0.2, 0.25) is 5.02 Å². The van der Waals surface area contributed by atoms with Gasteiger partial charge in [-0.25, -0.2) is 0 Å². The summed E-state index contributed by atoms with van der Waals surface area (Å²) in [5.41, 5.74) is 1.59. The first-order valence-corrected chi connectivity index (χ1v) is 8.14. The van der Waals surface area contributed by atoms with Gasteiger partial charge in [0.1, 0.15) is 0 Å². The molecule has 3 rings (SSSR count). The lowest BCUT2D eigenvalue weighted by atomic mass is 10.2. The Morgan fingerprint density at radius 2 is 1.91 bits per heavy atom. The lowest BCUT2D eigenvalue weighted by Crippen LogP contribution is -2.24. The third-order valence-electron chi connectivity index (χ3n) is 3.25. The topological polar surface area (TPSA) is 58.2 Å². The molecule has 0 atom stereocenters. The van der Waals surface area contributed by atoms with Gasteiger partial charge in [0.2, 0.25) is 5.91 Å². The molecular formula is C17H13ClN2O2S. The molecule has 0 saturated heterocycles. The van der Waals surface area contributed by atoms with E-state index in [-0.39, 0.29) is 11.8 Å². The van der Waals surface area contributed by atoms with Crippen LogP contribution >= 0.6 is 23.4 Å². The summed E-state index contributed by atoms with van der Waals surface area (Å²) in [7, 11) is 0. The fourth-order valence-corrected chi connectivity index (χ4v) is 3.22. The van der Waals surface area contributed by atoms with Crippen LogP contribution in [0.15, 0.2) is 64.4 Å². The number of amides is 2. The summed E-state index contributed by atoms with van der Waals surface area (Å²) in [6.07, 6.45) is 1.31. The molecule has 0 radical (unpaired) electrons. The lowest BCUT2D eigenvalue weighted by Gasteiger charge is -2.18. The summed E-state index contributed by atoms with van der Waals surface area (Å²) in [5.74, 6) is -0.608. The highest BCUT2D eigenvalue weighted by molar-refractivity contribution is 8.04. The van der Waals surface area contributed by atoms with E-state index >= 15 is 0 Å². The van der Waals surface area contributed by atoms with E-state index in [2.05, 4.69) is 10.6 Å². The zero-order chi connectivity index (χ0) is 16.2. The van der Waals surface area contributed by atoms with Crippen LogP contribution in [-0.4, -0.2) is 11.8 Å². The minimum Gasteiger partial charge on any atom is -0.348 e. The van der Waals surface area contributed by atoms with E-state index in [4.69, 9.17) is 11.6 Å². The van der Waals surface area contributed by atoms with Gasteiger partial charge in [-0.3, -0.25) is 9.59 Å². The predicted molar refractivity (Wildman–Crippen MR) is 92.3 cm³/mol. The Kier molecular flexibility index (Phi) is 4.69. The zero-order valence-corrected chi connectivity index (χ0v) is 13.6. The van der Waals surface area contributed by atoms with Gasteiger partial charge < -0.3 is 10.6 Å². The van der Waals surface area contributed by atoms with Gasteiger partial charge in [0.15, 0.2) is 0 Å². The zero-order valence-electron chi connectivity index (χ0n) is 12.0. The molecule has 23 heavy (non-hydrogen) atoms. The Balaban J connectivity index is 1.68. The molecule has 2 aromatic carbocycles. The smallest absolute Gasteiger partial charge is 0.262 e. The molecule has 4 nitrogen and oxygen atoms in total. The average Bonchev–Trinajstić information content (AvgIpc) is 2.55. The number of hydrogen-bond donors (Lipinski definition) is 2. The predicted octanol–water partition coefficient (Wildman–Crippen LogP) is 3.58. The third kappa shape index (κ3) is 3.75. The van der Waals surface area contributed by atoms with Crippen LogP contribution in [0.5, 0.6) is 0 Å². The number of hydrogen-bond acceptors (Lipinski definition) is 3. The average molecular weight is 345 g/mol. The van der Waals surface area contributed by atoms with Crippen molar-refractivity contribution in [2.24, 2.45) is 0 Å². The van der Waals surface area contributed by atoms with Gasteiger partial charge in [-0.15, -0.1) is 0 Å². The molecule has 0 bridgehead atoms. The van der Waals surface area contributed by atoms with E-state index in [0.29, 0.717) is 16.5 Å². The Bertz CT molecular complexity index is 805. The van der Waals surface area contributed by atoms with Crippen molar-refractivity contribution in [1.29, 1.82) is 0 Å². The number of benzene rings is 2. The summed E-state index contributed by atoms with van der Waals surface area (Å²) in [6.45, 7) is 0.311. The summed E-state index contributed by atoms with van der Waals surface area (Å²) < 4.78 is 0. The number of carbonyl (C=O) groups is 2. The normalized spacial score (nSPS) is 15.0. The maximum absolute atomic E-state index is 12.0. The standard InChI is InChI=1S/C17H13ClN2O2S/c18-12-6-2-1-5-11(12)10-19-16(21)9-15-17(22)20-13-7-3-4-8-14(13)23-15/h1-9H,10H2,(H,19,21)(H,20,22). The second kappa shape index (κ2) is 6.89. The van der Waals surface area contributed by atoms with E-state index < -0.39 is 0 Å². The number of thioether (sulfide) groups is 1. The van der Waals surface area contributed by atoms with Crippen molar-refractivity contribution in [1.82, 2.24) is 5.32 Å². The molecule has 0 fully saturated rings. The highest BCUT2D eigenvalue weighted by Crippen LogP contribution is 2.37. The van der Waals surface area contributed by atoms with Gasteiger partial charge in [0.05, 0.1) is 10.6 Å². The fourth-order valence-electron chi connectivity index (χ4n) is 2.10. The monoisotopic (exact) mass is 344 g/mol. The number of rotatable bonds is 3. The van der Waals surface area contributed by atoms with Crippen molar-refractivity contribution in [2.45, 2.75) is 11.4 Å². The van der Waals surface area contributed by atoms with Crippen molar-refractivity contribution >= 4 is 40.9 Å². The summed E-state index contributed by atoms with van der Waals surface area (Å²) in [4.78, 5) is 25.3. The maximum atomic E-state index is 12.0.